The van der Waals surface area contributed by atoms with E-state index in [0.717, 1.165) is 11.9 Å². The molecule has 0 N–H and O–H groups in total. The fourth-order valence-electron chi connectivity index (χ4n) is 3.16. The molecule has 0 saturated heterocycles. The molecule has 1 aromatic carbocycles. The van der Waals surface area contributed by atoms with Crippen molar-refractivity contribution in [2.24, 2.45) is 0 Å². The van der Waals surface area contributed by atoms with E-state index in [0.29, 0.717) is 17.3 Å². The Morgan fingerprint density at radius 2 is 2.00 bits per heavy atom. The molecule has 0 fully saturated rings. The number of fused-ring (bicyclic) bond motifs is 2. The van der Waals surface area contributed by atoms with Crippen LogP contribution in [0.5, 0.6) is 0 Å². The number of benzene rings is 1. The molecule has 0 aliphatic carbocycles. The number of nitrogens with zero attached hydrogens (tertiary/aromatic N) is 3. The lowest BCUT2D eigenvalue weighted by atomic mass is 9.94. The predicted octanol–water partition coefficient (Wildman–Crippen LogP) is 3.57. The molecule has 1 atom stereocenters. The van der Waals surface area contributed by atoms with Gasteiger partial charge in [0, 0.05) is 18.8 Å². The fraction of sp³-hybridized carbons (Fsp3) is 0.222. The van der Waals surface area contributed by atoms with Crippen molar-refractivity contribution in [2.45, 2.75) is 25.9 Å². The van der Waals surface area contributed by atoms with Gasteiger partial charge >= 0.3 is 0 Å². The van der Waals surface area contributed by atoms with E-state index in [4.69, 9.17) is 11.6 Å². The van der Waals surface area contributed by atoms with Gasteiger partial charge in [-0.15, -0.1) is 0 Å². The van der Waals surface area contributed by atoms with Crippen LogP contribution in [-0.4, -0.2) is 26.5 Å². The van der Waals surface area contributed by atoms with Gasteiger partial charge in [0.1, 0.15) is 0 Å². The van der Waals surface area contributed by atoms with Gasteiger partial charge in [-0.3, -0.25) is 4.79 Å². The summed E-state index contributed by atoms with van der Waals surface area (Å²) in [6.07, 6.45) is 2.59. The van der Waals surface area contributed by atoms with E-state index >= 15 is 0 Å². The summed E-state index contributed by atoms with van der Waals surface area (Å²) in [5.74, 6) is -0.0353. The summed E-state index contributed by atoms with van der Waals surface area (Å²) >= 11 is 5.98. The summed E-state index contributed by atoms with van der Waals surface area (Å²) in [5.41, 5.74) is 3.86. The Kier molecular flexibility index (Phi) is 3.34. The minimum absolute atomic E-state index is 0.0353. The first-order valence-electron chi connectivity index (χ1n) is 7.64. The van der Waals surface area contributed by atoms with Crippen LogP contribution in [0, 0.1) is 0 Å². The van der Waals surface area contributed by atoms with Gasteiger partial charge in [-0.1, -0.05) is 35.9 Å². The third-order valence-corrected chi connectivity index (χ3v) is 4.63. The number of pyridine rings is 1. The van der Waals surface area contributed by atoms with Crippen LogP contribution in [0.2, 0.25) is 5.02 Å². The standard InChI is InChI=1S/C18H16ClN3O/c1-12-8-13-4-2-3-5-14(13)10-21(12)18(23)17-9-16-7-6-15(19)11-22(16)20-17/h2-7,9,11-12H,8,10H2,1H3. The van der Waals surface area contributed by atoms with Crippen LogP contribution in [0.3, 0.4) is 0 Å². The topological polar surface area (TPSA) is 37.6 Å². The van der Waals surface area contributed by atoms with Gasteiger partial charge in [0.2, 0.25) is 0 Å². The summed E-state index contributed by atoms with van der Waals surface area (Å²) in [4.78, 5) is 14.8. The first-order valence-corrected chi connectivity index (χ1v) is 8.02. The van der Waals surface area contributed by atoms with E-state index in [-0.39, 0.29) is 11.9 Å². The van der Waals surface area contributed by atoms with Crippen molar-refractivity contribution in [3.8, 4) is 0 Å². The largest absolute Gasteiger partial charge is 0.330 e. The minimum atomic E-state index is -0.0353. The zero-order valence-electron chi connectivity index (χ0n) is 12.7. The van der Waals surface area contributed by atoms with Crippen molar-refractivity contribution in [3.63, 3.8) is 0 Å². The lowest BCUT2D eigenvalue weighted by Gasteiger charge is -2.34. The summed E-state index contributed by atoms with van der Waals surface area (Å²) < 4.78 is 1.65. The number of hydrogen-bond donors (Lipinski definition) is 0. The molecule has 116 valence electrons. The molecule has 3 aromatic rings. The Morgan fingerprint density at radius 3 is 2.83 bits per heavy atom. The van der Waals surface area contributed by atoms with Crippen molar-refractivity contribution in [1.29, 1.82) is 0 Å². The molecule has 23 heavy (non-hydrogen) atoms. The molecule has 3 heterocycles. The van der Waals surface area contributed by atoms with Gasteiger partial charge in [-0.2, -0.15) is 5.10 Å². The Bertz CT molecular complexity index is 902. The maximum atomic E-state index is 12.9. The number of aromatic nitrogens is 2. The van der Waals surface area contributed by atoms with E-state index in [1.807, 2.05) is 23.1 Å². The smallest absolute Gasteiger partial charge is 0.274 e. The van der Waals surface area contributed by atoms with Crippen LogP contribution in [0.4, 0.5) is 0 Å². The molecular formula is C18H16ClN3O. The maximum absolute atomic E-state index is 12.9. The number of carbonyl (C=O) groups is 1. The molecule has 4 rings (SSSR count). The Hall–Kier alpha value is -2.33. The highest BCUT2D eigenvalue weighted by Crippen LogP contribution is 2.25. The predicted molar refractivity (Wildman–Crippen MR) is 89.7 cm³/mol. The highest BCUT2D eigenvalue weighted by Gasteiger charge is 2.28. The van der Waals surface area contributed by atoms with E-state index in [1.165, 1.54) is 11.1 Å². The zero-order valence-corrected chi connectivity index (χ0v) is 13.5. The molecule has 1 aliphatic heterocycles. The average molecular weight is 326 g/mol. The third-order valence-electron chi connectivity index (χ3n) is 4.41. The Labute approximate surface area is 139 Å². The molecule has 0 spiro atoms. The van der Waals surface area contributed by atoms with Crippen LogP contribution in [0.25, 0.3) is 5.52 Å². The van der Waals surface area contributed by atoms with Crippen molar-refractivity contribution in [1.82, 2.24) is 14.5 Å². The van der Waals surface area contributed by atoms with E-state index in [2.05, 4.69) is 30.2 Å². The van der Waals surface area contributed by atoms with Gasteiger partial charge < -0.3 is 4.90 Å². The molecular weight excluding hydrogens is 310 g/mol. The minimum Gasteiger partial charge on any atom is -0.330 e. The van der Waals surface area contributed by atoms with Gasteiger partial charge in [0.25, 0.3) is 5.91 Å². The first kappa shape index (κ1) is 14.3. The number of hydrogen-bond acceptors (Lipinski definition) is 2. The highest BCUT2D eigenvalue weighted by molar-refractivity contribution is 6.30. The first-order chi connectivity index (χ1) is 11.1. The van der Waals surface area contributed by atoms with Crippen molar-refractivity contribution in [2.75, 3.05) is 0 Å². The second-order valence-corrected chi connectivity index (χ2v) is 6.44. The summed E-state index contributed by atoms with van der Waals surface area (Å²) in [5, 5.41) is 4.98. The lowest BCUT2D eigenvalue weighted by Crippen LogP contribution is -2.42. The lowest BCUT2D eigenvalue weighted by molar-refractivity contribution is 0.0652. The second kappa shape index (κ2) is 5.39. The number of amides is 1. The number of carbonyl (C=O) groups excluding carboxylic acids is 1. The van der Waals surface area contributed by atoms with Crippen molar-refractivity contribution in [3.05, 3.63) is 70.5 Å². The molecule has 0 bridgehead atoms. The van der Waals surface area contributed by atoms with Gasteiger partial charge in [-0.25, -0.2) is 4.52 Å². The Morgan fingerprint density at radius 1 is 1.22 bits per heavy atom. The average Bonchev–Trinajstić information content (AvgIpc) is 2.96. The second-order valence-electron chi connectivity index (χ2n) is 6.00. The fourth-order valence-corrected chi connectivity index (χ4v) is 3.32. The van der Waals surface area contributed by atoms with Gasteiger partial charge in [-0.05, 0) is 42.7 Å². The maximum Gasteiger partial charge on any atom is 0.274 e. The van der Waals surface area contributed by atoms with Crippen LogP contribution in [-0.2, 0) is 13.0 Å². The van der Waals surface area contributed by atoms with Crippen molar-refractivity contribution < 1.29 is 4.79 Å². The van der Waals surface area contributed by atoms with E-state index in [9.17, 15) is 4.79 Å². The quantitative estimate of drug-likeness (QED) is 0.686. The van der Waals surface area contributed by atoms with Crippen LogP contribution in [0.1, 0.15) is 28.5 Å². The molecule has 0 radical (unpaired) electrons. The molecule has 1 amide bonds. The zero-order chi connectivity index (χ0) is 16.0. The molecule has 0 saturated carbocycles. The third kappa shape index (κ3) is 2.49. The normalized spacial score (nSPS) is 17.3. The summed E-state index contributed by atoms with van der Waals surface area (Å²) in [7, 11) is 0. The van der Waals surface area contributed by atoms with Crippen LogP contribution >= 0.6 is 11.6 Å². The van der Waals surface area contributed by atoms with E-state index in [1.54, 1.807) is 16.8 Å². The molecule has 5 heteroatoms. The molecule has 1 unspecified atom stereocenters. The highest BCUT2D eigenvalue weighted by atomic mass is 35.5. The van der Waals surface area contributed by atoms with Crippen LogP contribution in [0.15, 0.2) is 48.7 Å². The monoisotopic (exact) mass is 325 g/mol. The molecule has 1 aliphatic rings. The molecule has 2 aromatic heterocycles. The summed E-state index contributed by atoms with van der Waals surface area (Å²) in [6.45, 7) is 2.71. The summed E-state index contributed by atoms with van der Waals surface area (Å²) in [6, 6.07) is 13.9. The van der Waals surface area contributed by atoms with Gasteiger partial charge in [0.15, 0.2) is 5.69 Å². The van der Waals surface area contributed by atoms with Crippen LogP contribution < -0.4 is 0 Å². The van der Waals surface area contributed by atoms with Gasteiger partial charge in [0.05, 0.1) is 10.5 Å². The number of rotatable bonds is 1. The van der Waals surface area contributed by atoms with Crippen molar-refractivity contribution >= 4 is 23.0 Å². The van der Waals surface area contributed by atoms with E-state index < -0.39 is 0 Å². The Balaban J connectivity index is 1.68. The SMILES string of the molecule is CC1Cc2ccccc2CN1C(=O)c1cc2ccc(Cl)cn2n1. The number of halogens is 1. The molecule has 4 nitrogen and oxygen atoms in total.